The van der Waals surface area contributed by atoms with Gasteiger partial charge >= 0.3 is 0 Å². The summed E-state index contributed by atoms with van der Waals surface area (Å²) in [6.45, 7) is 2.33. The van der Waals surface area contributed by atoms with E-state index in [1.165, 1.54) is 0 Å². The lowest BCUT2D eigenvalue weighted by molar-refractivity contribution is 0.240. The van der Waals surface area contributed by atoms with Gasteiger partial charge in [0.15, 0.2) is 0 Å². The average molecular weight is 130 g/mol. The molecule has 1 saturated heterocycles. The Kier molecular flexibility index (Phi) is 2.45. The van der Waals surface area contributed by atoms with E-state index < -0.39 is 0 Å². The molecule has 1 heterocycles. The maximum atomic E-state index is 8.48. The lowest BCUT2D eigenvalue weighted by Gasteiger charge is -2.09. The third-order valence-corrected chi connectivity index (χ3v) is 1.77. The molecular formula is C6H14N2O. The Bertz CT molecular complexity index is 85.1. The van der Waals surface area contributed by atoms with Crippen LogP contribution in [0.1, 0.15) is 6.42 Å². The van der Waals surface area contributed by atoms with Gasteiger partial charge in [-0.05, 0) is 20.0 Å². The van der Waals surface area contributed by atoms with Gasteiger partial charge < -0.3 is 10.0 Å². The highest BCUT2D eigenvalue weighted by Gasteiger charge is 2.17. The molecule has 0 radical (unpaired) electrons. The van der Waals surface area contributed by atoms with Gasteiger partial charge in [-0.25, -0.2) is 0 Å². The van der Waals surface area contributed by atoms with E-state index in [0.717, 1.165) is 19.5 Å². The Labute approximate surface area is 55.7 Å². The van der Waals surface area contributed by atoms with E-state index in [-0.39, 0.29) is 6.73 Å². The fourth-order valence-electron chi connectivity index (χ4n) is 1.23. The number of nitrogens with zero attached hydrogens (tertiary/aromatic N) is 1. The molecule has 0 saturated carbocycles. The number of likely N-dealkylation sites (tertiary alicyclic amines) is 1. The number of likely N-dealkylation sites (N-methyl/N-ethyl adjacent to an activating group) is 1. The zero-order valence-corrected chi connectivity index (χ0v) is 5.80. The fraction of sp³-hybridized carbons (Fsp3) is 1.00. The van der Waals surface area contributed by atoms with Crippen molar-refractivity contribution in [3.05, 3.63) is 0 Å². The van der Waals surface area contributed by atoms with Crippen LogP contribution in [0.5, 0.6) is 0 Å². The van der Waals surface area contributed by atoms with Crippen LogP contribution in [0.2, 0.25) is 0 Å². The molecule has 54 valence electrons. The molecule has 1 atom stereocenters. The van der Waals surface area contributed by atoms with Crippen molar-refractivity contribution in [2.24, 2.45) is 0 Å². The summed E-state index contributed by atoms with van der Waals surface area (Å²) in [7, 11) is 2.10. The minimum atomic E-state index is 0.110. The van der Waals surface area contributed by atoms with E-state index in [9.17, 15) is 0 Å². The standard InChI is InChI=1S/C6H14N2O/c1-8-3-2-6(4-8)7-5-9/h6-7,9H,2-5H2,1H3. The van der Waals surface area contributed by atoms with Gasteiger partial charge in [-0.15, -0.1) is 0 Å². The van der Waals surface area contributed by atoms with E-state index in [1.54, 1.807) is 0 Å². The SMILES string of the molecule is CN1CCC(NCO)C1. The zero-order valence-electron chi connectivity index (χ0n) is 5.80. The van der Waals surface area contributed by atoms with Crippen molar-refractivity contribution in [2.45, 2.75) is 12.5 Å². The van der Waals surface area contributed by atoms with E-state index >= 15 is 0 Å². The van der Waals surface area contributed by atoms with Crippen LogP contribution >= 0.6 is 0 Å². The van der Waals surface area contributed by atoms with Gasteiger partial charge in [-0.1, -0.05) is 0 Å². The average Bonchev–Trinajstić information content (AvgIpc) is 2.17. The lowest BCUT2D eigenvalue weighted by atomic mass is 10.3. The molecule has 1 aliphatic rings. The molecule has 0 amide bonds. The number of hydrogen-bond donors (Lipinski definition) is 2. The van der Waals surface area contributed by atoms with Crippen LogP contribution in [-0.2, 0) is 0 Å². The van der Waals surface area contributed by atoms with Gasteiger partial charge in [-0.3, -0.25) is 5.32 Å². The van der Waals surface area contributed by atoms with Gasteiger partial charge in [0, 0.05) is 12.6 Å². The summed E-state index contributed by atoms with van der Waals surface area (Å²) < 4.78 is 0. The van der Waals surface area contributed by atoms with Crippen molar-refractivity contribution < 1.29 is 5.11 Å². The van der Waals surface area contributed by atoms with Crippen LogP contribution in [0, 0.1) is 0 Å². The summed E-state index contributed by atoms with van der Waals surface area (Å²) in [4.78, 5) is 2.26. The maximum Gasteiger partial charge on any atom is 0.0934 e. The quantitative estimate of drug-likeness (QED) is 0.482. The summed E-state index contributed by atoms with van der Waals surface area (Å²) in [5.41, 5.74) is 0. The van der Waals surface area contributed by atoms with Crippen LogP contribution in [0.25, 0.3) is 0 Å². The van der Waals surface area contributed by atoms with Crippen molar-refractivity contribution in [1.29, 1.82) is 0 Å². The molecule has 0 aromatic heterocycles. The molecule has 0 bridgehead atoms. The minimum absolute atomic E-state index is 0.110. The summed E-state index contributed by atoms with van der Waals surface area (Å²) in [6.07, 6.45) is 1.16. The number of nitrogens with one attached hydrogen (secondary N) is 1. The molecule has 1 aliphatic heterocycles. The highest BCUT2D eigenvalue weighted by Crippen LogP contribution is 2.04. The lowest BCUT2D eigenvalue weighted by Crippen LogP contribution is -2.31. The van der Waals surface area contributed by atoms with E-state index in [2.05, 4.69) is 17.3 Å². The minimum Gasteiger partial charge on any atom is -0.381 e. The summed E-state index contributed by atoms with van der Waals surface area (Å²) in [6, 6.07) is 0.514. The van der Waals surface area contributed by atoms with Gasteiger partial charge in [0.1, 0.15) is 0 Å². The Morgan fingerprint density at radius 3 is 3.00 bits per heavy atom. The molecule has 0 aromatic carbocycles. The highest BCUT2D eigenvalue weighted by molar-refractivity contribution is 4.77. The first kappa shape index (κ1) is 6.99. The number of rotatable bonds is 2. The van der Waals surface area contributed by atoms with Gasteiger partial charge in [0.25, 0.3) is 0 Å². The van der Waals surface area contributed by atoms with Gasteiger partial charge in [-0.2, -0.15) is 0 Å². The van der Waals surface area contributed by atoms with Crippen LogP contribution in [0.3, 0.4) is 0 Å². The largest absolute Gasteiger partial charge is 0.381 e. The van der Waals surface area contributed by atoms with Gasteiger partial charge in [0.2, 0.25) is 0 Å². The predicted octanol–water partition coefficient (Wildman–Crippen LogP) is -0.770. The second-order valence-electron chi connectivity index (χ2n) is 2.61. The molecule has 1 fully saturated rings. The van der Waals surface area contributed by atoms with Crippen molar-refractivity contribution in [3.8, 4) is 0 Å². The van der Waals surface area contributed by atoms with E-state index in [4.69, 9.17) is 5.11 Å². The molecule has 3 nitrogen and oxygen atoms in total. The third-order valence-electron chi connectivity index (χ3n) is 1.77. The summed E-state index contributed by atoms with van der Waals surface area (Å²) >= 11 is 0. The Morgan fingerprint density at radius 2 is 2.56 bits per heavy atom. The fourth-order valence-corrected chi connectivity index (χ4v) is 1.23. The molecule has 1 unspecified atom stereocenters. The Hall–Kier alpha value is -0.120. The van der Waals surface area contributed by atoms with Crippen LogP contribution in [-0.4, -0.2) is 42.9 Å². The third kappa shape index (κ3) is 1.93. The van der Waals surface area contributed by atoms with Crippen molar-refractivity contribution >= 4 is 0 Å². The first-order valence-electron chi connectivity index (χ1n) is 3.35. The normalized spacial score (nSPS) is 29.3. The smallest absolute Gasteiger partial charge is 0.0934 e. The molecule has 0 aliphatic carbocycles. The van der Waals surface area contributed by atoms with Crippen molar-refractivity contribution in [3.63, 3.8) is 0 Å². The Balaban J connectivity index is 2.14. The van der Waals surface area contributed by atoms with Crippen LogP contribution in [0.4, 0.5) is 0 Å². The predicted molar refractivity (Wildman–Crippen MR) is 36.1 cm³/mol. The maximum absolute atomic E-state index is 8.48. The van der Waals surface area contributed by atoms with Crippen molar-refractivity contribution in [2.75, 3.05) is 26.9 Å². The van der Waals surface area contributed by atoms with Gasteiger partial charge in [0.05, 0.1) is 6.73 Å². The molecule has 2 N–H and O–H groups in total. The second-order valence-corrected chi connectivity index (χ2v) is 2.61. The summed E-state index contributed by atoms with van der Waals surface area (Å²) in [5, 5.41) is 11.5. The second kappa shape index (κ2) is 3.15. The monoisotopic (exact) mass is 130 g/mol. The van der Waals surface area contributed by atoms with E-state index in [0.29, 0.717) is 6.04 Å². The Morgan fingerprint density at radius 1 is 1.78 bits per heavy atom. The summed E-state index contributed by atoms with van der Waals surface area (Å²) in [5.74, 6) is 0. The molecule has 9 heavy (non-hydrogen) atoms. The van der Waals surface area contributed by atoms with Crippen LogP contribution < -0.4 is 5.32 Å². The van der Waals surface area contributed by atoms with Crippen LogP contribution in [0.15, 0.2) is 0 Å². The van der Waals surface area contributed by atoms with E-state index in [1.807, 2.05) is 0 Å². The van der Waals surface area contributed by atoms with Crippen molar-refractivity contribution in [1.82, 2.24) is 10.2 Å². The molecule has 0 aromatic rings. The molecule has 3 heteroatoms. The first-order chi connectivity index (χ1) is 4.33. The molecule has 1 rings (SSSR count). The zero-order chi connectivity index (χ0) is 6.69. The first-order valence-corrected chi connectivity index (χ1v) is 3.35. The number of aliphatic hydroxyl groups is 1. The number of aliphatic hydroxyl groups excluding tert-OH is 1. The number of hydrogen-bond acceptors (Lipinski definition) is 3. The molecule has 0 spiro atoms. The highest BCUT2D eigenvalue weighted by atomic mass is 16.3. The molecular weight excluding hydrogens is 116 g/mol. The topological polar surface area (TPSA) is 35.5 Å².